The van der Waals surface area contributed by atoms with Gasteiger partial charge in [-0.15, -0.1) is 0 Å². The molecule has 0 spiro atoms. The number of hydrogen-bond donors (Lipinski definition) is 3. The Kier molecular flexibility index (Phi) is 5.10. The van der Waals surface area contributed by atoms with Crippen LogP contribution in [0.2, 0.25) is 0 Å². The van der Waals surface area contributed by atoms with Crippen LogP contribution < -0.4 is 10.5 Å². The molecule has 0 saturated carbocycles. The standard InChI is InChI=1S/C11H17NO3/c12-11(5-6-13)9-1-3-10(4-2-9)15-8-7-14/h1-4,11,13-14H,5-8,12H2. The van der Waals surface area contributed by atoms with E-state index in [0.29, 0.717) is 18.8 Å². The van der Waals surface area contributed by atoms with E-state index in [-0.39, 0.29) is 19.3 Å². The molecule has 4 heteroatoms. The fourth-order valence-corrected chi connectivity index (χ4v) is 1.28. The van der Waals surface area contributed by atoms with Crippen molar-refractivity contribution in [2.24, 2.45) is 5.73 Å². The van der Waals surface area contributed by atoms with Crippen LogP contribution in [0.1, 0.15) is 18.0 Å². The summed E-state index contributed by atoms with van der Waals surface area (Å²) in [6.07, 6.45) is 0.552. The predicted molar refractivity (Wildman–Crippen MR) is 57.7 cm³/mol. The first kappa shape index (κ1) is 12.0. The van der Waals surface area contributed by atoms with E-state index in [4.69, 9.17) is 20.7 Å². The minimum absolute atomic E-state index is 0.00573. The summed E-state index contributed by atoms with van der Waals surface area (Å²) in [5.41, 5.74) is 6.79. The van der Waals surface area contributed by atoms with Gasteiger partial charge in [-0.2, -0.15) is 0 Å². The van der Waals surface area contributed by atoms with Gasteiger partial charge in [-0.05, 0) is 24.1 Å². The van der Waals surface area contributed by atoms with Crippen molar-refractivity contribution in [3.63, 3.8) is 0 Å². The smallest absolute Gasteiger partial charge is 0.119 e. The molecule has 15 heavy (non-hydrogen) atoms. The van der Waals surface area contributed by atoms with E-state index in [9.17, 15) is 0 Å². The van der Waals surface area contributed by atoms with Crippen LogP contribution in [0.4, 0.5) is 0 Å². The molecule has 0 bridgehead atoms. The third kappa shape index (κ3) is 3.87. The number of nitrogens with two attached hydrogens (primary N) is 1. The molecule has 84 valence electrons. The zero-order chi connectivity index (χ0) is 11.1. The fourth-order valence-electron chi connectivity index (χ4n) is 1.28. The van der Waals surface area contributed by atoms with Crippen molar-refractivity contribution < 1.29 is 14.9 Å². The van der Waals surface area contributed by atoms with Gasteiger partial charge >= 0.3 is 0 Å². The maximum Gasteiger partial charge on any atom is 0.119 e. The number of aliphatic hydroxyl groups excluding tert-OH is 2. The second kappa shape index (κ2) is 6.40. The maximum absolute atomic E-state index is 8.74. The highest BCUT2D eigenvalue weighted by Gasteiger charge is 2.04. The van der Waals surface area contributed by atoms with Crippen LogP contribution in [0, 0.1) is 0 Å². The quantitative estimate of drug-likeness (QED) is 0.638. The summed E-state index contributed by atoms with van der Waals surface area (Å²) in [4.78, 5) is 0. The lowest BCUT2D eigenvalue weighted by molar-refractivity contribution is 0.201. The zero-order valence-electron chi connectivity index (χ0n) is 8.60. The monoisotopic (exact) mass is 211 g/mol. The van der Waals surface area contributed by atoms with Gasteiger partial charge < -0.3 is 20.7 Å². The first-order valence-electron chi connectivity index (χ1n) is 4.98. The molecule has 0 aliphatic rings. The van der Waals surface area contributed by atoms with E-state index >= 15 is 0 Å². The van der Waals surface area contributed by atoms with Gasteiger partial charge in [0.05, 0.1) is 6.61 Å². The Morgan fingerprint density at radius 1 is 1.13 bits per heavy atom. The van der Waals surface area contributed by atoms with Crippen molar-refractivity contribution in [2.45, 2.75) is 12.5 Å². The Morgan fingerprint density at radius 2 is 1.80 bits per heavy atom. The molecule has 0 fully saturated rings. The van der Waals surface area contributed by atoms with Gasteiger partial charge in [0.15, 0.2) is 0 Å². The largest absolute Gasteiger partial charge is 0.491 e. The van der Waals surface area contributed by atoms with Gasteiger partial charge in [-0.1, -0.05) is 12.1 Å². The highest BCUT2D eigenvalue weighted by atomic mass is 16.5. The molecule has 0 heterocycles. The lowest BCUT2D eigenvalue weighted by atomic mass is 10.1. The van der Waals surface area contributed by atoms with Crippen LogP contribution in [-0.4, -0.2) is 30.0 Å². The Morgan fingerprint density at radius 3 is 2.33 bits per heavy atom. The molecular weight excluding hydrogens is 194 g/mol. The van der Waals surface area contributed by atoms with Crippen molar-refractivity contribution in [1.29, 1.82) is 0 Å². The topological polar surface area (TPSA) is 75.7 Å². The molecule has 1 unspecified atom stereocenters. The highest BCUT2D eigenvalue weighted by Crippen LogP contribution is 2.18. The average molecular weight is 211 g/mol. The predicted octanol–water partition coefficient (Wildman–Crippen LogP) is 0.440. The molecule has 1 aromatic carbocycles. The first-order valence-corrected chi connectivity index (χ1v) is 4.98. The maximum atomic E-state index is 8.74. The number of ether oxygens (including phenoxy) is 1. The molecule has 1 rings (SSSR count). The van der Waals surface area contributed by atoms with Crippen molar-refractivity contribution in [3.8, 4) is 5.75 Å². The summed E-state index contributed by atoms with van der Waals surface area (Å²) in [5.74, 6) is 0.712. The molecule has 0 radical (unpaired) electrons. The van der Waals surface area contributed by atoms with E-state index < -0.39 is 0 Å². The molecule has 0 aliphatic carbocycles. The third-order valence-corrected chi connectivity index (χ3v) is 2.11. The summed E-state index contributed by atoms with van der Waals surface area (Å²) < 4.78 is 5.21. The van der Waals surface area contributed by atoms with Crippen LogP contribution in [0.5, 0.6) is 5.75 Å². The molecule has 0 aromatic heterocycles. The summed E-state index contributed by atoms with van der Waals surface area (Å²) in [7, 11) is 0. The number of aliphatic hydroxyl groups is 2. The lowest BCUT2D eigenvalue weighted by Crippen LogP contribution is -2.11. The van der Waals surface area contributed by atoms with Gasteiger partial charge in [0.2, 0.25) is 0 Å². The summed E-state index contributed by atoms with van der Waals surface area (Å²) in [6, 6.07) is 7.21. The van der Waals surface area contributed by atoms with E-state index in [2.05, 4.69) is 0 Å². The fraction of sp³-hybridized carbons (Fsp3) is 0.455. The lowest BCUT2D eigenvalue weighted by Gasteiger charge is -2.11. The second-order valence-corrected chi connectivity index (χ2v) is 3.26. The zero-order valence-corrected chi connectivity index (χ0v) is 8.60. The summed E-state index contributed by atoms with van der Waals surface area (Å²) in [5, 5.41) is 17.3. The van der Waals surface area contributed by atoms with Crippen molar-refractivity contribution in [1.82, 2.24) is 0 Å². The molecule has 0 saturated heterocycles. The van der Waals surface area contributed by atoms with E-state index in [1.54, 1.807) is 0 Å². The van der Waals surface area contributed by atoms with Gasteiger partial charge in [0.1, 0.15) is 12.4 Å². The average Bonchev–Trinajstić information content (AvgIpc) is 2.27. The van der Waals surface area contributed by atoms with Crippen LogP contribution in [0.25, 0.3) is 0 Å². The molecule has 1 atom stereocenters. The SMILES string of the molecule is NC(CCO)c1ccc(OCCO)cc1. The van der Waals surface area contributed by atoms with Gasteiger partial charge in [-0.25, -0.2) is 0 Å². The van der Waals surface area contributed by atoms with Gasteiger partial charge in [0.25, 0.3) is 0 Å². The van der Waals surface area contributed by atoms with E-state index in [1.807, 2.05) is 24.3 Å². The van der Waals surface area contributed by atoms with Gasteiger partial charge in [-0.3, -0.25) is 0 Å². The Bertz CT molecular complexity index is 274. The van der Waals surface area contributed by atoms with Crippen LogP contribution in [0.15, 0.2) is 24.3 Å². The van der Waals surface area contributed by atoms with E-state index in [1.165, 1.54) is 0 Å². The van der Waals surface area contributed by atoms with E-state index in [0.717, 1.165) is 5.56 Å². The van der Waals surface area contributed by atoms with Crippen molar-refractivity contribution in [2.75, 3.05) is 19.8 Å². The van der Waals surface area contributed by atoms with Crippen LogP contribution >= 0.6 is 0 Å². The Labute approximate surface area is 89.3 Å². The summed E-state index contributed by atoms with van der Waals surface area (Å²) in [6.45, 7) is 0.387. The Balaban J connectivity index is 2.55. The molecule has 0 aliphatic heterocycles. The molecule has 1 aromatic rings. The second-order valence-electron chi connectivity index (χ2n) is 3.26. The number of benzene rings is 1. The third-order valence-electron chi connectivity index (χ3n) is 2.11. The number of hydrogen-bond acceptors (Lipinski definition) is 4. The first-order chi connectivity index (χ1) is 7.27. The molecule has 4 nitrogen and oxygen atoms in total. The minimum atomic E-state index is -0.137. The van der Waals surface area contributed by atoms with Crippen LogP contribution in [-0.2, 0) is 0 Å². The molecule has 4 N–H and O–H groups in total. The van der Waals surface area contributed by atoms with Crippen molar-refractivity contribution in [3.05, 3.63) is 29.8 Å². The minimum Gasteiger partial charge on any atom is -0.491 e. The van der Waals surface area contributed by atoms with Gasteiger partial charge in [0, 0.05) is 12.6 Å². The highest BCUT2D eigenvalue weighted by molar-refractivity contribution is 5.28. The summed E-state index contributed by atoms with van der Waals surface area (Å²) >= 11 is 0. The molecule has 0 amide bonds. The number of rotatable bonds is 6. The van der Waals surface area contributed by atoms with Crippen molar-refractivity contribution >= 4 is 0 Å². The normalized spacial score (nSPS) is 12.5. The van der Waals surface area contributed by atoms with Crippen LogP contribution in [0.3, 0.4) is 0 Å². The molecular formula is C11H17NO3. The Hall–Kier alpha value is -1.10.